The van der Waals surface area contributed by atoms with Crippen LogP contribution in [-0.4, -0.2) is 23.2 Å². The molecule has 0 saturated heterocycles. The first-order chi connectivity index (χ1) is 9.29. The number of carboxylic acid groups (broad SMARTS) is 1. The molecule has 0 saturated carbocycles. The van der Waals surface area contributed by atoms with E-state index in [1.54, 1.807) is 13.8 Å². The normalized spacial score (nSPS) is 10.4. The summed E-state index contributed by atoms with van der Waals surface area (Å²) in [6.45, 7) is 6.71. The van der Waals surface area contributed by atoms with Gasteiger partial charge in [0.2, 0.25) is 5.91 Å². The topological polar surface area (TPSA) is 86.3 Å². The maximum absolute atomic E-state index is 12.0. The van der Waals surface area contributed by atoms with Gasteiger partial charge in [-0.15, -0.1) is 0 Å². The van der Waals surface area contributed by atoms with Crippen molar-refractivity contribution in [1.82, 2.24) is 5.32 Å². The van der Waals surface area contributed by atoms with Crippen molar-refractivity contribution < 1.29 is 49.0 Å². The molecular weight excluding hydrogens is 281 g/mol. The van der Waals surface area contributed by atoms with Crippen molar-refractivity contribution in [2.45, 2.75) is 64.3 Å². The Morgan fingerprint density at radius 2 is 1.52 bits per heavy atom. The summed E-state index contributed by atoms with van der Waals surface area (Å²) in [7, 11) is 0. The van der Waals surface area contributed by atoms with E-state index in [0.29, 0.717) is 12.8 Å². The van der Waals surface area contributed by atoms with Gasteiger partial charge in [0.05, 0.1) is 5.54 Å². The number of carboxylic acids is 1. The molecule has 114 valence electrons. The molecule has 0 unspecified atom stereocenters. The number of carbonyl (C=O) groups excluding carboxylic acids is 3. The Balaban J connectivity index is 0. The maximum atomic E-state index is 12.0. The summed E-state index contributed by atoms with van der Waals surface area (Å²) >= 11 is 0. The van der Waals surface area contributed by atoms with E-state index >= 15 is 0 Å². The van der Waals surface area contributed by atoms with Gasteiger partial charge in [0.1, 0.15) is 0 Å². The van der Waals surface area contributed by atoms with Crippen LogP contribution in [0.1, 0.15) is 58.8 Å². The van der Waals surface area contributed by atoms with Gasteiger partial charge in [-0.05, 0) is 39.2 Å². The van der Waals surface area contributed by atoms with Crippen molar-refractivity contribution in [2.75, 3.05) is 0 Å². The molecule has 0 atom stereocenters. The summed E-state index contributed by atoms with van der Waals surface area (Å²) in [6.07, 6.45) is 5.63. The average molecular weight is 305 g/mol. The van der Waals surface area contributed by atoms with Crippen molar-refractivity contribution >= 4 is 17.7 Å². The van der Waals surface area contributed by atoms with E-state index < -0.39 is 11.5 Å². The van der Waals surface area contributed by atoms with Gasteiger partial charge in [-0.2, -0.15) is 0 Å². The average Bonchev–Trinajstić information content (AvgIpc) is 2.36. The van der Waals surface area contributed by atoms with Gasteiger partial charge in [-0.1, -0.05) is 25.8 Å². The molecule has 0 aromatic carbocycles. The zero-order valence-corrected chi connectivity index (χ0v) is 15.4. The fraction of sp³-hybridized carbons (Fsp3) is 0.667. The number of aliphatic carboxylic acids is 1. The number of rotatable bonds is 11. The molecular formula is C15H24NNaO4. The number of carbonyl (C=O) groups is 3. The molecule has 0 aliphatic rings. The van der Waals surface area contributed by atoms with Crippen LogP contribution in [-0.2, 0) is 14.4 Å². The van der Waals surface area contributed by atoms with Crippen LogP contribution in [0.2, 0.25) is 0 Å². The third-order valence-electron chi connectivity index (χ3n) is 3.10. The molecule has 21 heavy (non-hydrogen) atoms. The predicted molar refractivity (Wildman–Crippen MR) is 74.8 cm³/mol. The zero-order chi connectivity index (χ0) is 15.6. The van der Waals surface area contributed by atoms with Crippen LogP contribution in [0.3, 0.4) is 0 Å². The first-order valence-electron chi connectivity index (χ1n) is 6.97. The summed E-state index contributed by atoms with van der Waals surface area (Å²) in [5, 5.41) is 12.8. The molecule has 0 aromatic rings. The van der Waals surface area contributed by atoms with Gasteiger partial charge in [-0.25, -0.2) is 0 Å². The number of amides is 1. The van der Waals surface area contributed by atoms with E-state index in [9.17, 15) is 19.5 Å². The third-order valence-corrected chi connectivity index (χ3v) is 3.10. The second kappa shape index (κ2) is 12.0. The SMILES string of the molecule is C=CC(=O)NC(C)(C)C(=O)CCCCCCCC(=O)[O-].[Na+]. The second-order valence-corrected chi connectivity index (χ2v) is 5.38. The largest absolute Gasteiger partial charge is 1.00 e. The molecule has 6 heteroatoms. The Hall–Kier alpha value is -0.650. The Morgan fingerprint density at radius 1 is 1.05 bits per heavy atom. The molecule has 1 N–H and O–H groups in total. The minimum absolute atomic E-state index is 0. The number of hydrogen-bond donors (Lipinski definition) is 1. The van der Waals surface area contributed by atoms with Crippen molar-refractivity contribution in [3.63, 3.8) is 0 Å². The number of hydrogen-bond acceptors (Lipinski definition) is 4. The van der Waals surface area contributed by atoms with Crippen LogP contribution < -0.4 is 40.0 Å². The monoisotopic (exact) mass is 305 g/mol. The fourth-order valence-corrected chi connectivity index (χ4v) is 1.83. The zero-order valence-electron chi connectivity index (χ0n) is 13.4. The van der Waals surface area contributed by atoms with E-state index in [1.165, 1.54) is 0 Å². The van der Waals surface area contributed by atoms with E-state index in [4.69, 9.17) is 0 Å². The predicted octanol–water partition coefficient (Wildman–Crippen LogP) is -1.88. The molecule has 0 heterocycles. The van der Waals surface area contributed by atoms with E-state index in [0.717, 1.165) is 31.8 Å². The van der Waals surface area contributed by atoms with Crippen molar-refractivity contribution in [1.29, 1.82) is 0 Å². The van der Waals surface area contributed by atoms with E-state index in [-0.39, 0.29) is 47.7 Å². The molecule has 0 fully saturated rings. The molecule has 0 rings (SSSR count). The molecule has 0 aliphatic carbocycles. The quantitative estimate of drug-likeness (QED) is 0.275. The fourth-order valence-electron chi connectivity index (χ4n) is 1.83. The summed E-state index contributed by atoms with van der Waals surface area (Å²) in [5.74, 6) is -1.38. The van der Waals surface area contributed by atoms with E-state index in [1.807, 2.05) is 0 Å². The molecule has 0 aromatic heterocycles. The van der Waals surface area contributed by atoms with Crippen LogP contribution in [0, 0.1) is 0 Å². The smallest absolute Gasteiger partial charge is 0.550 e. The van der Waals surface area contributed by atoms with Gasteiger partial charge >= 0.3 is 29.6 Å². The Morgan fingerprint density at radius 3 is 2.00 bits per heavy atom. The summed E-state index contributed by atoms with van der Waals surface area (Å²) in [6, 6.07) is 0. The van der Waals surface area contributed by atoms with Gasteiger partial charge in [0.25, 0.3) is 0 Å². The van der Waals surface area contributed by atoms with Crippen LogP contribution in [0.25, 0.3) is 0 Å². The number of nitrogens with one attached hydrogen (secondary N) is 1. The Bertz CT molecular complexity index is 367. The molecule has 0 spiro atoms. The number of ketones is 1. The first-order valence-corrected chi connectivity index (χ1v) is 6.97. The Labute approximate surface area is 148 Å². The van der Waals surface area contributed by atoms with Crippen LogP contribution in [0.4, 0.5) is 0 Å². The van der Waals surface area contributed by atoms with Crippen LogP contribution in [0.5, 0.6) is 0 Å². The molecule has 0 radical (unpaired) electrons. The van der Waals surface area contributed by atoms with E-state index in [2.05, 4.69) is 11.9 Å². The number of unbranched alkanes of at least 4 members (excludes halogenated alkanes) is 4. The van der Waals surface area contributed by atoms with Crippen LogP contribution >= 0.6 is 0 Å². The minimum atomic E-state index is -1.01. The van der Waals surface area contributed by atoms with Gasteiger partial charge in [0.15, 0.2) is 5.78 Å². The van der Waals surface area contributed by atoms with Gasteiger partial charge in [0, 0.05) is 12.4 Å². The van der Waals surface area contributed by atoms with Gasteiger partial charge in [-0.3, -0.25) is 9.59 Å². The van der Waals surface area contributed by atoms with Crippen molar-refractivity contribution in [2.24, 2.45) is 0 Å². The Kier molecular flexibility index (Phi) is 12.9. The molecule has 5 nitrogen and oxygen atoms in total. The van der Waals surface area contributed by atoms with Crippen LogP contribution in [0.15, 0.2) is 12.7 Å². The first kappa shape index (κ1) is 22.6. The summed E-state index contributed by atoms with van der Waals surface area (Å²) < 4.78 is 0. The second-order valence-electron chi connectivity index (χ2n) is 5.38. The third kappa shape index (κ3) is 11.7. The standard InChI is InChI=1S/C15H25NO4.Na/c1-4-13(18)16-15(2,3)12(17)10-8-6-5-7-9-11-14(19)20;/h4H,1,5-11H2,2-3H3,(H,16,18)(H,19,20);/q;+1/p-1. The number of Topliss-reactive ketones (excluding diaryl/α,β-unsaturated/α-hetero) is 1. The van der Waals surface area contributed by atoms with Crippen molar-refractivity contribution in [3.05, 3.63) is 12.7 Å². The minimum Gasteiger partial charge on any atom is -0.550 e. The molecule has 0 aliphatic heterocycles. The molecule has 0 bridgehead atoms. The van der Waals surface area contributed by atoms with Crippen molar-refractivity contribution in [3.8, 4) is 0 Å². The summed E-state index contributed by atoms with van der Waals surface area (Å²) in [5.41, 5.74) is -0.875. The van der Waals surface area contributed by atoms with Gasteiger partial charge < -0.3 is 15.2 Å². The maximum Gasteiger partial charge on any atom is 1.00 e. The summed E-state index contributed by atoms with van der Waals surface area (Å²) in [4.78, 5) is 33.4. The molecule has 1 amide bonds.